The summed E-state index contributed by atoms with van der Waals surface area (Å²) in [5.41, 5.74) is 0.483. The van der Waals surface area contributed by atoms with Gasteiger partial charge in [0, 0.05) is 5.57 Å². The molecule has 16 heavy (non-hydrogen) atoms. The van der Waals surface area contributed by atoms with E-state index in [1.807, 2.05) is 6.08 Å². The summed E-state index contributed by atoms with van der Waals surface area (Å²) in [6.07, 6.45) is 10.3. The van der Waals surface area contributed by atoms with Crippen molar-refractivity contribution < 1.29 is 9.90 Å². The van der Waals surface area contributed by atoms with Gasteiger partial charge in [0.15, 0.2) is 0 Å². The van der Waals surface area contributed by atoms with Gasteiger partial charge in [0.05, 0.1) is 0 Å². The maximum absolute atomic E-state index is 10.7. The zero-order valence-electron chi connectivity index (χ0n) is 11.0. The zero-order chi connectivity index (χ0) is 12.4. The molecule has 0 aliphatic rings. The molecule has 1 unspecified atom stereocenters. The van der Waals surface area contributed by atoms with Crippen LogP contribution in [0.1, 0.15) is 65.7 Å². The smallest absolute Gasteiger partial charge is 0.330 e. The van der Waals surface area contributed by atoms with Gasteiger partial charge in [-0.15, -0.1) is 0 Å². The average molecular weight is 226 g/mol. The number of hydrogen-bond donors (Lipinski definition) is 1. The molecule has 0 aromatic heterocycles. The number of allylic oxidation sites excluding steroid dienone is 1. The van der Waals surface area contributed by atoms with Crippen molar-refractivity contribution in [2.24, 2.45) is 5.92 Å². The summed E-state index contributed by atoms with van der Waals surface area (Å²) >= 11 is 0. The predicted octanol–water partition coefficient (Wildman–Crippen LogP) is 4.40. The van der Waals surface area contributed by atoms with E-state index in [0.29, 0.717) is 11.5 Å². The van der Waals surface area contributed by atoms with Gasteiger partial charge >= 0.3 is 5.97 Å². The lowest BCUT2D eigenvalue weighted by molar-refractivity contribution is -0.132. The SMILES string of the molecule is CCCCCC(C/C=C(\C)C(=O)O)CCC. The molecule has 0 radical (unpaired) electrons. The van der Waals surface area contributed by atoms with Gasteiger partial charge in [-0.3, -0.25) is 0 Å². The second kappa shape index (κ2) is 9.44. The summed E-state index contributed by atoms with van der Waals surface area (Å²) in [6, 6.07) is 0. The number of aliphatic carboxylic acids is 1. The van der Waals surface area contributed by atoms with Crippen LogP contribution in [0.5, 0.6) is 0 Å². The fraction of sp³-hybridized carbons (Fsp3) is 0.786. The number of carbonyl (C=O) groups is 1. The number of rotatable bonds is 9. The topological polar surface area (TPSA) is 37.3 Å². The molecule has 0 fully saturated rings. The third kappa shape index (κ3) is 7.49. The monoisotopic (exact) mass is 226 g/mol. The molecule has 94 valence electrons. The van der Waals surface area contributed by atoms with Crippen molar-refractivity contribution in [1.82, 2.24) is 0 Å². The third-order valence-corrected chi connectivity index (χ3v) is 3.01. The first-order valence-electron chi connectivity index (χ1n) is 6.51. The Balaban J connectivity index is 4.01. The quantitative estimate of drug-likeness (QED) is 0.467. The summed E-state index contributed by atoms with van der Waals surface area (Å²) in [5, 5.41) is 8.77. The predicted molar refractivity (Wildman–Crippen MR) is 68.5 cm³/mol. The zero-order valence-corrected chi connectivity index (χ0v) is 11.0. The highest BCUT2D eigenvalue weighted by Crippen LogP contribution is 2.20. The molecule has 1 N–H and O–H groups in total. The van der Waals surface area contributed by atoms with Crippen LogP contribution in [0.25, 0.3) is 0 Å². The number of carboxylic acids is 1. The Morgan fingerprint density at radius 1 is 1.19 bits per heavy atom. The molecule has 0 saturated carbocycles. The highest BCUT2D eigenvalue weighted by molar-refractivity contribution is 5.85. The van der Waals surface area contributed by atoms with Crippen LogP contribution >= 0.6 is 0 Å². The molecule has 0 spiro atoms. The van der Waals surface area contributed by atoms with Crippen LogP contribution in [-0.2, 0) is 4.79 Å². The summed E-state index contributed by atoms with van der Waals surface area (Å²) < 4.78 is 0. The number of hydrogen-bond acceptors (Lipinski definition) is 1. The van der Waals surface area contributed by atoms with Crippen LogP contribution < -0.4 is 0 Å². The first-order valence-corrected chi connectivity index (χ1v) is 6.51. The van der Waals surface area contributed by atoms with Crippen LogP contribution in [0.2, 0.25) is 0 Å². The van der Waals surface area contributed by atoms with E-state index in [1.165, 1.54) is 38.5 Å². The molecule has 0 saturated heterocycles. The normalized spacial score (nSPS) is 13.8. The minimum Gasteiger partial charge on any atom is -0.478 e. The largest absolute Gasteiger partial charge is 0.478 e. The molecule has 0 amide bonds. The summed E-state index contributed by atoms with van der Waals surface area (Å²) in [6.45, 7) is 6.08. The van der Waals surface area contributed by atoms with Crippen molar-refractivity contribution in [3.05, 3.63) is 11.6 Å². The molecule has 0 aliphatic heterocycles. The fourth-order valence-electron chi connectivity index (χ4n) is 1.90. The molecular weight excluding hydrogens is 200 g/mol. The van der Waals surface area contributed by atoms with Crippen LogP contribution in [-0.4, -0.2) is 11.1 Å². The van der Waals surface area contributed by atoms with E-state index in [2.05, 4.69) is 13.8 Å². The minimum absolute atomic E-state index is 0.483. The Labute approximate surface area is 99.7 Å². The lowest BCUT2D eigenvalue weighted by Gasteiger charge is -2.13. The molecule has 0 aromatic carbocycles. The standard InChI is InChI=1S/C14H26O2/c1-4-6-7-9-13(8-5-2)11-10-12(3)14(15)16/h10,13H,4-9,11H2,1-3H3,(H,15,16)/b12-10+. The molecular formula is C14H26O2. The van der Waals surface area contributed by atoms with Gasteiger partial charge in [0.2, 0.25) is 0 Å². The first kappa shape index (κ1) is 15.2. The van der Waals surface area contributed by atoms with Crippen LogP contribution in [0, 0.1) is 5.92 Å². The second-order valence-corrected chi connectivity index (χ2v) is 4.58. The molecule has 0 rings (SSSR count). The fourth-order valence-corrected chi connectivity index (χ4v) is 1.90. The van der Waals surface area contributed by atoms with Crippen molar-refractivity contribution in [1.29, 1.82) is 0 Å². The Morgan fingerprint density at radius 2 is 1.88 bits per heavy atom. The van der Waals surface area contributed by atoms with Crippen molar-refractivity contribution in [2.75, 3.05) is 0 Å². The van der Waals surface area contributed by atoms with E-state index >= 15 is 0 Å². The van der Waals surface area contributed by atoms with Crippen LogP contribution in [0.4, 0.5) is 0 Å². The van der Waals surface area contributed by atoms with Gasteiger partial charge in [-0.25, -0.2) is 4.79 Å². The van der Waals surface area contributed by atoms with Gasteiger partial charge in [-0.2, -0.15) is 0 Å². The summed E-state index contributed by atoms with van der Waals surface area (Å²) in [4.78, 5) is 10.7. The van der Waals surface area contributed by atoms with Crippen molar-refractivity contribution >= 4 is 5.97 Å². The Bertz CT molecular complexity index is 219. The van der Waals surface area contributed by atoms with E-state index in [0.717, 1.165) is 6.42 Å². The van der Waals surface area contributed by atoms with Crippen molar-refractivity contribution in [3.8, 4) is 0 Å². The van der Waals surface area contributed by atoms with Crippen LogP contribution in [0.3, 0.4) is 0 Å². The Kier molecular flexibility index (Phi) is 8.97. The third-order valence-electron chi connectivity index (χ3n) is 3.01. The van der Waals surface area contributed by atoms with E-state index in [1.54, 1.807) is 6.92 Å². The highest BCUT2D eigenvalue weighted by atomic mass is 16.4. The first-order chi connectivity index (χ1) is 7.61. The lowest BCUT2D eigenvalue weighted by Crippen LogP contribution is -2.01. The molecule has 0 aromatic rings. The van der Waals surface area contributed by atoms with E-state index < -0.39 is 5.97 Å². The van der Waals surface area contributed by atoms with Gasteiger partial charge in [0.1, 0.15) is 0 Å². The van der Waals surface area contributed by atoms with Gasteiger partial charge < -0.3 is 5.11 Å². The van der Waals surface area contributed by atoms with Crippen LogP contribution in [0.15, 0.2) is 11.6 Å². The maximum Gasteiger partial charge on any atom is 0.330 e. The number of unbranched alkanes of at least 4 members (excludes halogenated alkanes) is 2. The Morgan fingerprint density at radius 3 is 2.38 bits per heavy atom. The van der Waals surface area contributed by atoms with E-state index in [-0.39, 0.29) is 0 Å². The lowest BCUT2D eigenvalue weighted by atomic mass is 9.92. The molecule has 1 atom stereocenters. The van der Waals surface area contributed by atoms with E-state index in [9.17, 15) is 4.79 Å². The maximum atomic E-state index is 10.7. The van der Waals surface area contributed by atoms with E-state index in [4.69, 9.17) is 5.11 Å². The van der Waals surface area contributed by atoms with Gasteiger partial charge in [-0.1, -0.05) is 58.4 Å². The summed E-state index contributed by atoms with van der Waals surface area (Å²) in [7, 11) is 0. The van der Waals surface area contributed by atoms with Gasteiger partial charge in [-0.05, 0) is 19.3 Å². The average Bonchev–Trinajstić information content (AvgIpc) is 2.25. The molecule has 2 nitrogen and oxygen atoms in total. The minimum atomic E-state index is -0.788. The highest BCUT2D eigenvalue weighted by Gasteiger charge is 2.07. The Hall–Kier alpha value is -0.790. The molecule has 0 heterocycles. The number of carboxylic acid groups (broad SMARTS) is 1. The van der Waals surface area contributed by atoms with Crippen molar-refractivity contribution in [2.45, 2.75) is 65.7 Å². The van der Waals surface area contributed by atoms with Gasteiger partial charge in [0.25, 0.3) is 0 Å². The molecule has 0 bridgehead atoms. The molecule has 2 heteroatoms. The molecule has 0 aliphatic carbocycles. The summed E-state index contributed by atoms with van der Waals surface area (Å²) in [5.74, 6) is -0.116. The van der Waals surface area contributed by atoms with Crippen molar-refractivity contribution in [3.63, 3.8) is 0 Å². The second-order valence-electron chi connectivity index (χ2n) is 4.58.